The first-order valence-corrected chi connectivity index (χ1v) is 5.62. The number of nitrogens with zero attached hydrogens (tertiary/aromatic N) is 1. The minimum atomic E-state index is -3.04. The molecule has 0 fully saturated rings. The Labute approximate surface area is 124 Å². The van der Waals surface area contributed by atoms with Crippen molar-refractivity contribution in [3.8, 4) is 11.3 Å². The van der Waals surface area contributed by atoms with Crippen LogP contribution in [0.25, 0.3) is 11.3 Å². The summed E-state index contributed by atoms with van der Waals surface area (Å²) in [5.41, 5.74) is 2.01. The summed E-state index contributed by atoms with van der Waals surface area (Å²) in [6.45, 7) is -6.63. The normalized spacial score (nSPS) is 21.9. The molecule has 0 bridgehead atoms. The molecule has 0 aliphatic heterocycles. The Morgan fingerprint density at radius 3 is 2.67 bits per heavy atom. The molecule has 1 nitrogen and oxygen atoms in total. The van der Waals surface area contributed by atoms with Gasteiger partial charge in [-0.2, -0.15) is 0 Å². The maximum Gasteiger partial charge on any atom is 0.212 e. The predicted molar refractivity (Wildman–Crippen MR) is 76.6 cm³/mol. The molecule has 1 heterocycles. The van der Waals surface area contributed by atoms with Crippen molar-refractivity contribution < 1.29 is 18.3 Å². The second-order valence-corrected chi connectivity index (χ2v) is 4.32. The molecular formula is C17H22N+. The molecule has 1 heteroatoms. The van der Waals surface area contributed by atoms with Gasteiger partial charge in [-0.05, 0) is 42.9 Å². The number of pyridine rings is 1. The lowest BCUT2D eigenvalue weighted by Crippen LogP contribution is -2.31. The molecule has 0 radical (unpaired) electrons. The molecule has 1 aromatic heterocycles. The molecule has 0 aliphatic carbocycles. The predicted octanol–water partition coefficient (Wildman–Crippen LogP) is 3.92. The maximum atomic E-state index is 8.28. The molecular weight excluding hydrogens is 218 g/mol. The van der Waals surface area contributed by atoms with Crippen molar-refractivity contribution in [2.75, 3.05) is 0 Å². The van der Waals surface area contributed by atoms with Crippen LogP contribution in [0, 0.1) is 13.8 Å². The van der Waals surface area contributed by atoms with Crippen molar-refractivity contribution in [1.29, 1.82) is 0 Å². The zero-order chi connectivity index (χ0) is 21.7. The molecule has 0 spiro atoms. The molecule has 18 heavy (non-hydrogen) atoms. The van der Waals surface area contributed by atoms with E-state index in [0.717, 1.165) is 0 Å². The zero-order valence-electron chi connectivity index (χ0n) is 20.4. The molecule has 0 N–H and O–H groups in total. The first-order chi connectivity index (χ1) is 12.5. The molecule has 0 saturated heterocycles. The van der Waals surface area contributed by atoms with Gasteiger partial charge in [0.15, 0.2) is 6.20 Å². The Morgan fingerprint density at radius 2 is 2.06 bits per heavy atom. The van der Waals surface area contributed by atoms with Crippen molar-refractivity contribution in [1.82, 2.24) is 0 Å². The van der Waals surface area contributed by atoms with Crippen LogP contribution in [0.4, 0.5) is 0 Å². The first kappa shape index (κ1) is 5.16. The third-order valence-corrected chi connectivity index (χ3v) is 2.92. The van der Waals surface area contributed by atoms with Crippen LogP contribution in [0.5, 0.6) is 0 Å². The van der Waals surface area contributed by atoms with E-state index in [1.165, 1.54) is 24.4 Å². The Hall–Kier alpha value is -1.63. The highest BCUT2D eigenvalue weighted by Gasteiger charge is 2.13. The van der Waals surface area contributed by atoms with Gasteiger partial charge in [-0.25, -0.2) is 4.57 Å². The van der Waals surface area contributed by atoms with E-state index in [2.05, 4.69) is 0 Å². The fraction of sp³-hybridized carbons (Fsp3) is 0.353. The van der Waals surface area contributed by atoms with E-state index in [9.17, 15) is 0 Å². The quantitative estimate of drug-likeness (QED) is 0.711. The Bertz CT molecular complexity index is 863. The summed E-state index contributed by atoms with van der Waals surface area (Å²) in [5.74, 6) is -2.75. The van der Waals surface area contributed by atoms with Gasteiger partial charge >= 0.3 is 0 Å². The third kappa shape index (κ3) is 2.45. The summed E-state index contributed by atoms with van der Waals surface area (Å²) in [6, 6.07) is 7.45. The van der Waals surface area contributed by atoms with E-state index < -0.39 is 26.4 Å². The van der Waals surface area contributed by atoms with Crippen LogP contribution in [0.15, 0.2) is 36.5 Å². The topological polar surface area (TPSA) is 3.88 Å². The number of hydrogen-bond acceptors (Lipinski definition) is 0. The standard InChI is InChI=1S/C17H22N/c1-12(2)15-7-8-16(14(4)10-15)17-9-6-13(3)11-18(17)5/h6-12H,1-5H3/q+1/i1D3,2D3,3D3,12D. The SMILES string of the molecule is [2H]C([2H])([2H])c1ccc(-c2ccc(C([2H])(C([2H])([2H])[2H])C([2H])([2H])[2H])cc2C)[n+](C)c1. The van der Waals surface area contributed by atoms with Crippen molar-refractivity contribution in [2.45, 2.75) is 33.4 Å². The van der Waals surface area contributed by atoms with Gasteiger partial charge in [0.1, 0.15) is 7.05 Å². The number of rotatable bonds is 2. The number of aromatic nitrogens is 1. The number of aryl methyl sites for hydroxylation is 3. The van der Waals surface area contributed by atoms with Crippen LogP contribution in [-0.2, 0) is 7.05 Å². The summed E-state index contributed by atoms with van der Waals surface area (Å²) in [4.78, 5) is 0. The van der Waals surface area contributed by atoms with Crippen molar-refractivity contribution in [2.24, 2.45) is 7.05 Å². The van der Waals surface area contributed by atoms with Gasteiger partial charge in [0.25, 0.3) is 0 Å². The molecule has 0 atom stereocenters. The fourth-order valence-corrected chi connectivity index (χ4v) is 1.99. The lowest BCUT2D eigenvalue weighted by molar-refractivity contribution is -0.660. The van der Waals surface area contributed by atoms with Crippen molar-refractivity contribution in [3.63, 3.8) is 0 Å². The zero-order valence-corrected chi connectivity index (χ0v) is 10.4. The van der Waals surface area contributed by atoms with Crippen LogP contribution in [0.3, 0.4) is 0 Å². The molecule has 0 saturated carbocycles. The first-order valence-electron chi connectivity index (χ1n) is 10.6. The van der Waals surface area contributed by atoms with Gasteiger partial charge in [-0.1, -0.05) is 25.8 Å². The van der Waals surface area contributed by atoms with E-state index >= 15 is 0 Å². The van der Waals surface area contributed by atoms with Crippen LogP contribution < -0.4 is 4.57 Å². The maximum absolute atomic E-state index is 8.28. The minimum absolute atomic E-state index is 0.115. The minimum Gasteiger partial charge on any atom is -0.201 e. The molecule has 2 aromatic rings. The van der Waals surface area contributed by atoms with Gasteiger partial charge in [-0.15, -0.1) is 0 Å². The van der Waals surface area contributed by atoms with Gasteiger partial charge < -0.3 is 0 Å². The summed E-state index contributed by atoms with van der Waals surface area (Å²) < 4.78 is 78.1. The average Bonchev–Trinajstić information content (AvgIpc) is 2.51. The van der Waals surface area contributed by atoms with Gasteiger partial charge in [0.05, 0.1) is 0 Å². The van der Waals surface area contributed by atoms with E-state index in [1.807, 2.05) is 0 Å². The second kappa shape index (κ2) is 4.93. The molecule has 0 unspecified atom stereocenters. The third-order valence-electron chi connectivity index (χ3n) is 2.92. The van der Waals surface area contributed by atoms with E-state index in [1.54, 1.807) is 30.7 Å². The average molecular weight is 250 g/mol. The van der Waals surface area contributed by atoms with Crippen LogP contribution in [-0.4, -0.2) is 0 Å². The number of benzene rings is 1. The summed E-state index contributed by atoms with van der Waals surface area (Å²) in [7, 11) is 1.69. The highest BCUT2D eigenvalue weighted by molar-refractivity contribution is 5.61. The Morgan fingerprint density at radius 1 is 1.22 bits per heavy atom. The molecule has 94 valence electrons. The Balaban J connectivity index is 2.60. The van der Waals surface area contributed by atoms with E-state index in [4.69, 9.17) is 13.7 Å². The largest absolute Gasteiger partial charge is 0.212 e. The molecule has 1 aromatic carbocycles. The summed E-state index contributed by atoms with van der Waals surface area (Å²) in [5, 5.41) is 0. The van der Waals surface area contributed by atoms with Gasteiger partial charge in [0, 0.05) is 30.9 Å². The highest BCUT2D eigenvalue weighted by atomic mass is 14.9. The van der Waals surface area contributed by atoms with E-state index in [0.29, 0.717) is 16.8 Å². The van der Waals surface area contributed by atoms with Gasteiger partial charge in [-0.3, -0.25) is 0 Å². The second-order valence-electron chi connectivity index (χ2n) is 4.32. The highest BCUT2D eigenvalue weighted by Crippen LogP contribution is 2.24. The molecule has 2 rings (SSSR count). The smallest absolute Gasteiger partial charge is 0.201 e. The fourth-order valence-electron chi connectivity index (χ4n) is 1.99. The van der Waals surface area contributed by atoms with Crippen molar-refractivity contribution in [3.05, 3.63) is 53.2 Å². The molecule has 0 aliphatic rings. The summed E-state index contributed by atoms with van der Waals surface area (Å²) >= 11 is 0. The van der Waals surface area contributed by atoms with Gasteiger partial charge in [0.2, 0.25) is 5.69 Å². The monoisotopic (exact) mass is 250 g/mol. The van der Waals surface area contributed by atoms with Crippen LogP contribution in [0.1, 0.15) is 50.0 Å². The number of hydrogen-bond donors (Lipinski definition) is 0. The van der Waals surface area contributed by atoms with E-state index in [-0.39, 0.29) is 11.1 Å². The lowest BCUT2D eigenvalue weighted by Gasteiger charge is -2.10. The lowest BCUT2D eigenvalue weighted by atomic mass is 9.96. The van der Waals surface area contributed by atoms with Crippen molar-refractivity contribution >= 4 is 0 Å². The Kier molecular flexibility index (Phi) is 1.41. The molecule has 0 amide bonds. The van der Waals surface area contributed by atoms with Crippen LogP contribution >= 0.6 is 0 Å². The van der Waals surface area contributed by atoms with Crippen LogP contribution in [0.2, 0.25) is 0 Å². The summed E-state index contributed by atoms with van der Waals surface area (Å²) in [6.07, 6.45) is 1.50.